The van der Waals surface area contributed by atoms with Gasteiger partial charge in [0.25, 0.3) is 0 Å². The minimum absolute atomic E-state index is 0.185. The van der Waals surface area contributed by atoms with Crippen molar-refractivity contribution < 1.29 is 8.78 Å². The van der Waals surface area contributed by atoms with Gasteiger partial charge in [0.1, 0.15) is 12.5 Å². The molecule has 11 heavy (non-hydrogen) atoms. The van der Waals surface area contributed by atoms with Crippen molar-refractivity contribution in [3.8, 4) is 0 Å². The Morgan fingerprint density at radius 1 is 1.18 bits per heavy atom. The van der Waals surface area contributed by atoms with E-state index in [1.165, 1.54) is 0 Å². The monoisotopic (exact) mass is 156 g/mol. The van der Waals surface area contributed by atoms with Crippen LogP contribution in [0.1, 0.15) is 16.7 Å². The Morgan fingerprint density at radius 3 is 2.18 bits per heavy atom. The number of alkyl halides is 1. The molecular formula is C9H10F2. The Balaban J connectivity index is 3.29. The fourth-order valence-electron chi connectivity index (χ4n) is 0.999. The maximum Gasteiger partial charge on any atom is 0.132 e. The van der Waals surface area contributed by atoms with E-state index in [1.54, 1.807) is 26.0 Å². The highest BCUT2D eigenvalue weighted by Gasteiger charge is 2.06. The van der Waals surface area contributed by atoms with E-state index < -0.39 is 12.5 Å². The smallest absolute Gasteiger partial charge is 0.132 e. The average molecular weight is 156 g/mol. The summed E-state index contributed by atoms with van der Waals surface area (Å²) < 4.78 is 25.2. The van der Waals surface area contributed by atoms with E-state index in [2.05, 4.69) is 0 Å². The Morgan fingerprint density at radius 2 is 1.73 bits per heavy atom. The van der Waals surface area contributed by atoms with E-state index in [1.807, 2.05) is 0 Å². The Kier molecular flexibility index (Phi) is 2.22. The van der Waals surface area contributed by atoms with Gasteiger partial charge in [-0.2, -0.15) is 0 Å². The summed E-state index contributed by atoms with van der Waals surface area (Å²) in [6.45, 7) is 2.62. The zero-order valence-corrected chi connectivity index (χ0v) is 6.62. The lowest BCUT2D eigenvalue weighted by atomic mass is 10.1. The summed E-state index contributed by atoms with van der Waals surface area (Å²) in [5.41, 5.74) is 1.36. The summed E-state index contributed by atoms with van der Waals surface area (Å²) in [6, 6.07) is 3.39. The highest BCUT2D eigenvalue weighted by atomic mass is 19.1. The number of aryl methyl sites for hydroxylation is 2. The first-order valence-corrected chi connectivity index (χ1v) is 3.47. The lowest BCUT2D eigenvalue weighted by Gasteiger charge is -2.04. The minimum atomic E-state index is -0.723. The number of hydrogen-bond acceptors (Lipinski definition) is 0. The summed E-state index contributed by atoms with van der Waals surface area (Å²) in [5, 5.41) is 0. The van der Waals surface area contributed by atoms with Crippen LogP contribution in [0.3, 0.4) is 0 Å². The molecule has 0 saturated carbocycles. The summed E-state index contributed by atoms with van der Waals surface area (Å²) in [5.74, 6) is -0.410. The minimum Gasteiger partial charge on any atom is -0.246 e. The van der Waals surface area contributed by atoms with Crippen LogP contribution in [0.25, 0.3) is 0 Å². The zero-order valence-electron chi connectivity index (χ0n) is 6.62. The van der Waals surface area contributed by atoms with E-state index in [0.29, 0.717) is 11.1 Å². The van der Waals surface area contributed by atoms with Crippen LogP contribution in [0.4, 0.5) is 8.78 Å². The average Bonchev–Trinajstić information content (AvgIpc) is 1.99. The van der Waals surface area contributed by atoms with Crippen molar-refractivity contribution >= 4 is 0 Å². The van der Waals surface area contributed by atoms with Gasteiger partial charge in [0.05, 0.1) is 0 Å². The van der Waals surface area contributed by atoms with E-state index in [0.717, 1.165) is 0 Å². The predicted molar refractivity (Wildman–Crippen MR) is 40.7 cm³/mol. The van der Waals surface area contributed by atoms with Crippen molar-refractivity contribution in [3.63, 3.8) is 0 Å². The number of halogens is 2. The second-order valence-electron chi connectivity index (χ2n) is 2.63. The standard InChI is InChI=1S/C9H10F2/c1-6-3-4-7(2)9(11)8(6)5-10/h3-4H,5H2,1-2H3. The summed E-state index contributed by atoms with van der Waals surface area (Å²) in [4.78, 5) is 0. The lowest BCUT2D eigenvalue weighted by Crippen LogP contribution is -1.94. The quantitative estimate of drug-likeness (QED) is 0.586. The Labute approximate surface area is 64.9 Å². The second-order valence-corrected chi connectivity index (χ2v) is 2.63. The summed E-state index contributed by atoms with van der Waals surface area (Å²) in [7, 11) is 0. The van der Waals surface area contributed by atoms with Crippen LogP contribution in [0.15, 0.2) is 12.1 Å². The highest BCUT2D eigenvalue weighted by Crippen LogP contribution is 2.17. The van der Waals surface area contributed by atoms with Crippen molar-refractivity contribution in [3.05, 3.63) is 34.6 Å². The van der Waals surface area contributed by atoms with Crippen molar-refractivity contribution in [2.24, 2.45) is 0 Å². The SMILES string of the molecule is Cc1ccc(C)c(CF)c1F. The fourth-order valence-corrected chi connectivity index (χ4v) is 0.999. The van der Waals surface area contributed by atoms with E-state index in [-0.39, 0.29) is 5.56 Å². The van der Waals surface area contributed by atoms with Crippen molar-refractivity contribution in [2.75, 3.05) is 0 Å². The van der Waals surface area contributed by atoms with Gasteiger partial charge in [-0.25, -0.2) is 8.78 Å². The molecule has 0 N–H and O–H groups in total. The molecule has 0 nitrogen and oxygen atoms in total. The first-order valence-electron chi connectivity index (χ1n) is 3.47. The molecule has 60 valence electrons. The van der Waals surface area contributed by atoms with E-state index in [4.69, 9.17) is 0 Å². The second kappa shape index (κ2) is 2.99. The van der Waals surface area contributed by atoms with Gasteiger partial charge in [-0.3, -0.25) is 0 Å². The molecule has 0 bridgehead atoms. The number of hydrogen-bond donors (Lipinski definition) is 0. The summed E-state index contributed by atoms with van der Waals surface area (Å²) >= 11 is 0. The third-order valence-electron chi connectivity index (χ3n) is 1.80. The molecule has 2 heteroatoms. The molecule has 0 aromatic heterocycles. The normalized spacial score (nSPS) is 10.2. The maximum atomic E-state index is 13.0. The topological polar surface area (TPSA) is 0 Å². The molecule has 0 radical (unpaired) electrons. The molecule has 0 heterocycles. The first kappa shape index (κ1) is 8.18. The lowest BCUT2D eigenvalue weighted by molar-refractivity contribution is 0.460. The van der Waals surface area contributed by atoms with E-state index >= 15 is 0 Å². The number of benzene rings is 1. The summed E-state index contributed by atoms with van der Waals surface area (Å²) in [6.07, 6.45) is 0. The molecule has 0 fully saturated rings. The number of rotatable bonds is 1. The predicted octanol–water partition coefficient (Wildman–Crippen LogP) is 2.91. The third kappa shape index (κ3) is 1.39. The molecule has 0 saturated heterocycles. The van der Waals surface area contributed by atoms with Gasteiger partial charge >= 0.3 is 0 Å². The maximum absolute atomic E-state index is 13.0. The first-order chi connectivity index (χ1) is 5.16. The van der Waals surface area contributed by atoms with Crippen molar-refractivity contribution in [1.29, 1.82) is 0 Å². The molecule has 0 spiro atoms. The molecule has 0 atom stereocenters. The van der Waals surface area contributed by atoms with Gasteiger partial charge in [-0.15, -0.1) is 0 Å². The molecule has 1 aromatic rings. The molecule has 0 amide bonds. The van der Waals surface area contributed by atoms with Gasteiger partial charge in [0.15, 0.2) is 0 Å². The van der Waals surface area contributed by atoms with Crippen molar-refractivity contribution in [2.45, 2.75) is 20.5 Å². The van der Waals surface area contributed by atoms with Crippen LogP contribution in [0.2, 0.25) is 0 Å². The van der Waals surface area contributed by atoms with Crippen LogP contribution in [-0.2, 0) is 6.67 Å². The van der Waals surface area contributed by atoms with Gasteiger partial charge in [0, 0.05) is 5.56 Å². The van der Waals surface area contributed by atoms with Crippen LogP contribution >= 0.6 is 0 Å². The third-order valence-corrected chi connectivity index (χ3v) is 1.80. The van der Waals surface area contributed by atoms with Crippen molar-refractivity contribution in [1.82, 2.24) is 0 Å². The molecule has 0 aliphatic heterocycles. The van der Waals surface area contributed by atoms with Gasteiger partial charge < -0.3 is 0 Å². The molecule has 1 aromatic carbocycles. The zero-order chi connectivity index (χ0) is 8.43. The molecule has 0 aliphatic carbocycles. The van der Waals surface area contributed by atoms with Crippen LogP contribution < -0.4 is 0 Å². The molecule has 1 rings (SSSR count). The highest BCUT2D eigenvalue weighted by molar-refractivity contribution is 5.31. The fraction of sp³-hybridized carbons (Fsp3) is 0.333. The van der Waals surface area contributed by atoms with Crippen LogP contribution in [0.5, 0.6) is 0 Å². The van der Waals surface area contributed by atoms with Gasteiger partial charge in [0.2, 0.25) is 0 Å². The van der Waals surface area contributed by atoms with Gasteiger partial charge in [-0.1, -0.05) is 12.1 Å². The van der Waals surface area contributed by atoms with Crippen LogP contribution in [0, 0.1) is 19.7 Å². The largest absolute Gasteiger partial charge is 0.246 e. The Hall–Kier alpha value is -0.920. The van der Waals surface area contributed by atoms with Crippen LogP contribution in [-0.4, -0.2) is 0 Å². The van der Waals surface area contributed by atoms with Gasteiger partial charge in [-0.05, 0) is 25.0 Å². The van der Waals surface area contributed by atoms with E-state index in [9.17, 15) is 8.78 Å². The Bertz CT molecular complexity index is 267. The molecular weight excluding hydrogens is 146 g/mol. The molecule has 0 unspecified atom stereocenters. The molecule has 0 aliphatic rings.